The van der Waals surface area contributed by atoms with Gasteiger partial charge in [-0.25, -0.2) is 13.8 Å². The molecule has 0 saturated carbocycles. The number of halogens is 4. The largest absolute Gasteiger partial charge is 0.495 e. The Morgan fingerprint density at radius 2 is 2.29 bits per heavy atom. The fourth-order valence-electron chi connectivity index (χ4n) is 0.948. The Labute approximate surface area is 102 Å². The summed E-state index contributed by atoms with van der Waals surface area (Å²) in [5.74, 6) is 0.387. The summed E-state index contributed by atoms with van der Waals surface area (Å²) in [4.78, 5) is 4.02. The van der Waals surface area contributed by atoms with Crippen LogP contribution in [0.2, 0.25) is 0 Å². The third-order valence-corrected chi connectivity index (χ3v) is 3.02. The summed E-state index contributed by atoms with van der Waals surface area (Å²) in [5.41, 5.74) is 0.536. The van der Waals surface area contributed by atoms with Crippen LogP contribution in [0.1, 0.15) is 17.7 Å². The number of pyridine rings is 1. The second kappa shape index (κ2) is 5.20. The summed E-state index contributed by atoms with van der Waals surface area (Å²) < 4.78 is 30.2. The summed E-state index contributed by atoms with van der Waals surface area (Å²) in [6.45, 7) is 0. The van der Waals surface area contributed by atoms with Crippen molar-refractivity contribution in [2.45, 2.75) is 11.8 Å². The third-order valence-electron chi connectivity index (χ3n) is 1.62. The Morgan fingerprint density at radius 3 is 2.71 bits per heavy atom. The number of hydrogen-bond donors (Lipinski definition) is 0. The molecule has 1 heterocycles. The molecule has 0 amide bonds. The lowest BCUT2D eigenvalue weighted by molar-refractivity contribution is 0.149. The smallest absolute Gasteiger partial charge is 0.266 e. The molecule has 1 aromatic rings. The van der Waals surface area contributed by atoms with E-state index in [-0.39, 0.29) is 5.56 Å². The maximum absolute atomic E-state index is 12.5. The van der Waals surface area contributed by atoms with Gasteiger partial charge < -0.3 is 4.74 Å². The average Bonchev–Trinajstić information content (AvgIpc) is 2.16. The Hall–Kier alpha value is 0.0200. The van der Waals surface area contributed by atoms with E-state index in [1.807, 2.05) is 0 Å². The molecule has 0 radical (unpaired) electrons. The van der Waals surface area contributed by atoms with Crippen LogP contribution in [0.15, 0.2) is 6.07 Å². The molecule has 0 spiro atoms. The highest BCUT2D eigenvalue weighted by atomic mass is 127. The van der Waals surface area contributed by atoms with E-state index >= 15 is 0 Å². The Bertz CT molecular complexity index is 335. The first-order valence-corrected chi connectivity index (χ1v) is 5.87. The Balaban J connectivity index is 3.23. The lowest BCUT2D eigenvalue weighted by Crippen LogP contribution is -2.00. The molecule has 1 rings (SSSR count). The fraction of sp³-hybridized carbons (Fsp3) is 0.375. The highest BCUT2D eigenvalue weighted by Gasteiger charge is 2.16. The standard InChI is InChI=1S/C8H7BrF2INO/c1-14-6-2-4(7(10)11)8(12)13-5(6)3-9/h2,7H,3H2,1H3. The van der Waals surface area contributed by atoms with E-state index in [1.54, 1.807) is 22.6 Å². The van der Waals surface area contributed by atoms with Crippen LogP contribution in [0.3, 0.4) is 0 Å². The summed E-state index contributed by atoms with van der Waals surface area (Å²) in [6, 6.07) is 1.33. The quantitative estimate of drug-likeness (QED) is 0.456. The van der Waals surface area contributed by atoms with E-state index in [2.05, 4.69) is 20.9 Å². The molecule has 6 heteroatoms. The SMILES string of the molecule is COc1cc(C(F)F)c(I)nc1CBr. The minimum Gasteiger partial charge on any atom is -0.495 e. The number of methoxy groups -OCH3 is 1. The molecule has 0 aliphatic rings. The lowest BCUT2D eigenvalue weighted by atomic mass is 10.2. The predicted molar refractivity (Wildman–Crippen MR) is 61.1 cm³/mol. The maximum atomic E-state index is 12.5. The van der Waals surface area contributed by atoms with Gasteiger partial charge in [0.25, 0.3) is 6.43 Å². The normalized spacial score (nSPS) is 10.7. The van der Waals surface area contributed by atoms with Crippen LogP contribution in [0.25, 0.3) is 0 Å². The van der Waals surface area contributed by atoms with Crippen molar-refractivity contribution in [1.29, 1.82) is 0 Å². The number of aromatic nitrogens is 1. The van der Waals surface area contributed by atoms with Crippen LogP contribution >= 0.6 is 38.5 Å². The zero-order valence-electron chi connectivity index (χ0n) is 7.23. The van der Waals surface area contributed by atoms with Crippen LogP contribution in [0.5, 0.6) is 5.75 Å². The Kier molecular flexibility index (Phi) is 4.49. The molecule has 0 N–H and O–H groups in total. The molecule has 0 aromatic carbocycles. The molecular weight excluding hydrogens is 371 g/mol. The minimum absolute atomic E-state index is 0.0906. The molecular formula is C8H7BrF2INO. The summed E-state index contributed by atoms with van der Waals surface area (Å²) >= 11 is 5.00. The van der Waals surface area contributed by atoms with Crippen molar-refractivity contribution in [1.82, 2.24) is 4.98 Å². The molecule has 0 aliphatic carbocycles. The van der Waals surface area contributed by atoms with Gasteiger partial charge in [-0.1, -0.05) is 15.9 Å². The van der Waals surface area contributed by atoms with Gasteiger partial charge in [-0.05, 0) is 28.7 Å². The second-order valence-corrected chi connectivity index (χ2v) is 4.03. The first kappa shape index (κ1) is 12.1. The molecule has 14 heavy (non-hydrogen) atoms. The van der Waals surface area contributed by atoms with Crippen molar-refractivity contribution in [3.8, 4) is 5.75 Å². The molecule has 0 bridgehead atoms. The molecule has 0 unspecified atom stereocenters. The van der Waals surface area contributed by atoms with E-state index < -0.39 is 6.43 Å². The van der Waals surface area contributed by atoms with Crippen molar-refractivity contribution < 1.29 is 13.5 Å². The number of rotatable bonds is 3. The van der Waals surface area contributed by atoms with Gasteiger partial charge in [-0.3, -0.25) is 0 Å². The van der Waals surface area contributed by atoms with Gasteiger partial charge in [0, 0.05) is 5.33 Å². The van der Waals surface area contributed by atoms with Crippen LogP contribution in [-0.2, 0) is 5.33 Å². The topological polar surface area (TPSA) is 22.1 Å². The van der Waals surface area contributed by atoms with Crippen LogP contribution in [0, 0.1) is 3.70 Å². The first-order valence-electron chi connectivity index (χ1n) is 3.67. The maximum Gasteiger partial charge on any atom is 0.266 e. The molecule has 1 aromatic heterocycles. The van der Waals surface area contributed by atoms with Crippen molar-refractivity contribution >= 4 is 38.5 Å². The monoisotopic (exact) mass is 377 g/mol. The van der Waals surface area contributed by atoms with E-state index in [9.17, 15) is 8.78 Å². The van der Waals surface area contributed by atoms with Crippen molar-refractivity contribution in [2.75, 3.05) is 7.11 Å². The first-order chi connectivity index (χ1) is 6.60. The molecule has 0 aliphatic heterocycles. The van der Waals surface area contributed by atoms with Gasteiger partial charge in [0.1, 0.15) is 9.45 Å². The third kappa shape index (κ3) is 2.53. The van der Waals surface area contributed by atoms with Crippen molar-refractivity contribution in [3.05, 3.63) is 21.0 Å². The fourth-order valence-corrected chi connectivity index (χ4v) is 2.03. The van der Waals surface area contributed by atoms with Crippen molar-refractivity contribution in [3.63, 3.8) is 0 Å². The van der Waals surface area contributed by atoms with Crippen molar-refractivity contribution in [2.24, 2.45) is 0 Å². The van der Waals surface area contributed by atoms with Gasteiger partial charge in [0.05, 0.1) is 18.4 Å². The van der Waals surface area contributed by atoms with E-state index in [1.165, 1.54) is 13.2 Å². The Morgan fingerprint density at radius 1 is 1.64 bits per heavy atom. The second-order valence-electron chi connectivity index (χ2n) is 2.45. The number of alkyl halides is 3. The zero-order chi connectivity index (χ0) is 10.7. The van der Waals surface area contributed by atoms with Gasteiger partial charge in [-0.15, -0.1) is 0 Å². The minimum atomic E-state index is -2.52. The molecule has 78 valence electrons. The van der Waals surface area contributed by atoms with E-state index in [0.29, 0.717) is 20.5 Å². The van der Waals surface area contributed by atoms with E-state index in [0.717, 1.165) is 0 Å². The molecule has 0 saturated heterocycles. The van der Waals surface area contributed by atoms with Gasteiger partial charge in [0.15, 0.2) is 0 Å². The van der Waals surface area contributed by atoms with Crippen LogP contribution in [-0.4, -0.2) is 12.1 Å². The molecule has 0 fully saturated rings. The van der Waals surface area contributed by atoms with Gasteiger partial charge >= 0.3 is 0 Å². The number of ether oxygens (including phenoxy) is 1. The molecule has 0 atom stereocenters. The summed E-state index contributed by atoms with van der Waals surface area (Å²) in [6.07, 6.45) is -2.52. The zero-order valence-corrected chi connectivity index (χ0v) is 11.0. The van der Waals surface area contributed by atoms with Gasteiger partial charge in [-0.2, -0.15) is 0 Å². The lowest BCUT2D eigenvalue weighted by Gasteiger charge is -2.09. The predicted octanol–water partition coefficient (Wildman–Crippen LogP) is 3.53. The summed E-state index contributed by atoms with van der Waals surface area (Å²) in [5, 5.41) is 0.482. The molecule has 2 nitrogen and oxygen atoms in total. The van der Waals surface area contributed by atoms with E-state index in [4.69, 9.17) is 4.74 Å². The highest BCUT2D eigenvalue weighted by Crippen LogP contribution is 2.29. The highest BCUT2D eigenvalue weighted by molar-refractivity contribution is 14.1. The van der Waals surface area contributed by atoms with Crippen LogP contribution < -0.4 is 4.74 Å². The van der Waals surface area contributed by atoms with Gasteiger partial charge in [0.2, 0.25) is 0 Å². The number of nitrogens with zero attached hydrogens (tertiary/aromatic N) is 1. The summed E-state index contributed by atoms with van der Waals surface area (Å²) in [7, 11) is 1.44. The number of hydrogen-bond acceptors (Lipinski definition) is 2. The van der Waals surface area contributed by atoms with Crippen LogP contribution in [0.4, 0.5) is 8.78 Å². The average molecular weight is 378 g/mol.